The summed E-state index contributed by atoms with van der Waals surface area (Å²) in [6.45, 7) is 3.54. The van der Waals surface area contributed by atoms with Crippen LogP contribution in [0, 0.1) is 11.8 Å². The molecule has 0 amide bonds. The molecular formula is C7H10O3. The van der Waals surface area contributed by atoms with Crippen molar-refractivity contribution in [1.82, 2.24) is 0 Å². The van der Waals surface area contributed by atoms with Crippen LogP contribution in [0.15, 0.2) is 0 Å². The number of esters is 2. The third kappa shape index (κ3) is 1.17. The molecule has 1 aliphatic heterocycles. The molecule has 2 atom stereocenters. The summed E-state index contributed by atoms with van der Waals surface area (Å²) in [7, 11) is 0. The molecule has 0 spiro atoms. The Hall–Kier alpha value is -0.860. The molecule has 2 unspecified atom stereocenters. The molecule has 1 rings (SSSR count). The normalized spacial score (nSPS) is 33.8. The maximum absolute atomic E-state index is 10.7. The van der Waals surface area contributed by atoms with Crippen LogP contribution in [-0.2, 0) is 14.3 Å². The van der Waals surface area contributed by atoms with E-state index in [-0.39, 0.29) is 23.8 Å². The van der Waals surface area contributed by atoms with Crippen molar-refractivity contribution in [2.24, 2.45) is 11.8 Å². The largest absolute Gasteiger partial charge is 0.393 e. The van der Waals surface area contributed by atoms with Crippen molar-refractivity contribution in [3.8, 4) is 0 Å². The monoisotopic (exact) mass is 142 g/mol. The van der Waals surface area contributed by atoms with Crippen LogP contribution < -0.4 is 0 Å². The van der Waals surface area contributed by atoms with Gasteiger partial charge in [-0.1, -0.05) is 13.8 Å². The molecule has 0 bridgehead atoms. The van der Waals surface area contributed by atoms with Gasteiger partial charge in [-0.3, -0.25) is 9.59 Å². The lowest BCUT2D eigenvalue weighted by Crippen LogP contribution is -2.31. The molecule has 0 N–H and O–H groups in total. The third-order valence-corrected chi connectivity index (χ3v) is 1.71. The molecule has 3 heteroatoms. The van der Waals surface area contributed by atoms with Gasteiger partial charge >= 0.3 is 11.9 Å². The number of hydrogen-bond acceptors (Lipinski definition) is 3. The predicted molar refractivity (Wildman–Crippen MR) is 34.0 cm³/mol. The second kappa shape index (κ2) is 2.40. The van der Waals surface area contributed by atoms with E-state index in [0.29, 0.717) is 6.42 Å². The van der Waals surface area contributed by atoms with Gasteiger partial charge in [-0.2, -0.15) is 0 Å². The van der Waals surface area contributed by atoms with Gasteiger partial charge in [0.2, 0.25) is 0 Å². The molecule has 0 aliphatic carbocycles. The van der Waals surface area contributed by atoms with Crippen molar-refractivity contribution in [2.45, 2.75) is 20.3 Å². The van der Waals surface area contributed by atoms with Crippen LogP contribution >= 0.6 is 0 Å². The van der Waals surface area contributed by atoms with Crippen LogP contribution in [-0.4, -0.2) is 11.9 Å². The smallest absolute Gasteiger partial charge is 0.316 e. The zero-order valence-electron chi connectivity index (χ0n) is 6.09. The van der Waals surface area contributed by atoms with Crippen LogP contribution in [0.3, 0.4) is 0 Å². The minimum Gasteiger partial charge on any atom is -0.393 e. The van der Waals surface area contributed by atoms with Gasteiger partial charge in [0.1, 0.15) is 0 Å². The second-order valence-corrected chi connectivity index (χ2v) is 2.78. The van der Waals surface area contributed by atoms with Crippen LogP contribution in [0.4, 0.5) is 0 Å². The minimum absolute atomic E-state index is 0.118. The average Bonchev–Trinajstić information content (AvgIpc) is 1.84. The van der Waals surface area contributed by atoms with Crippen molar-refractivity contribution in [2.75, 3.05) is 0 Å². The number of carbonyl (C=O) groups excluding carboxylic acids is 2. The Morgan fingerprint density at radius 3 is 1.90 bits per heavy atom. The minimum atomic E-state index is -0.386. The zero-order chi connectivity index (χ0) is 7.72. The first kappa shape index (κ1) is 7.25. The standard InChI is InChI=1S/C7H10O3/c1-4-3-5(2)7(9)10-6(4)8/h4-5H,3H2,1-2H3. The van der Waals surface area contributed by atoms with E-state index < -0.39 is 0 Å². The second-order valence-electron chi connectivity index (χ2n) is 2.78. The molecule has 1 saturated heterocycles. The Balaban J connectivity index is 2.63. The van der Waals surface area contributed by atoms with E-state index in [1.54, 1.807) is 13.8 Å². The van der Waals surface area contributed by atoms with Gasteiger partial charge in [0.15, 0.2) is 0 Å². The molecule has 0 saturated carbocycles. The van der Waals surface area contributed by atoms with Gasteiger partial charge in [-0.05, 0) is 6.42 Å². The zero-order valence-corrected chi connectivity index (χ0v) is 6.09. The summed E-state index contributed by atoms with van der Waals surface area (Å²) >= 11 is 0. The quantitative estimate of drug-likeness (QED) is 0.370. The number of cyclic esters (lactones) is 2. The summed E-state index contributed by atoms with van der Waals surface area (Å²) in [6, 6.07) is 0. The highest BCUT2D eigenvalue weighted by Gasteiger charge is 2.30. The maximum atomic E-state index is 10.7. The molecule has 0 aromatic rings. The first-order valence-electron chi connectivity index (χ1n) is 3.37. The van der Waals surface area contributed by atoms with Crippen molar-refractivity contribution in [3.05, 3.63) is 0 Å². The van der Waals surface area contributed by atoms with Crippen molar-refractivity contribution in [3.63, 3.8) is 0 Å². The summed E-state index contributed by atoms with van der Waals surface area (Å²) in [5, 5.41) is 0. The van der Waals surface area contributed by atoms with E-state index in [0.717, 1.165) is 0 Å². The molecule has 0 aromatic carbocycles. The van der Waals surface area contributed by atoms with Crippen LogP contribution in [0.5, 0.6) is 0 Å². The first-order valence-corrected chi connectivity index (χ1v) is 3.37. The fourth-order valence-corrected chi connectivity index (χ4v) is 1.02. The molecule has 1 aliphatic rings. The summed E-state index contributed by atoms with van der Waals surface area (Å²) < 4.78 is 4.43. The van der Waals surface area contributed by atoms with Crippen molar-refractivity contribution in [1.29, 1.82) is 0 Å². The summed E-state index contributed by atoms with van der Waals surface area (Å²) in [6.07, 6.45) is 0.623. The topological polar surface area (TPSA) is 43.4 Å². The highest BCUT2D eigenvalue weighted by Crippen LogP contribution is 2.20. The van der Waals surface area contributed by atoms with E-state index >= 15 is 0 Å². The molecule has 1 fully saturated rings. The van der Waals surface area contributed by atoms with Crippen LogP contribution in [0.25, 0.3) is 0 Å². The Bertz CT molecular complexity index is 156. The highest BCUT2D eigenvalue weighted by molar-refractivity contribution is 5.90. The first-order chi connectivity index (χ1) is 4.61. The Kier molecular flexibility index (Phi) is 1.74. The Morgan fingerprint density at radius 2 is 1.60 bits per heavy atom. The van der Waals surface area contributed by atoms with Crippen LogP contribution in [0.1, 0.15) is 20.3 Å². The fraction of sp³-hybridized carbons (Fsp3) is 0.714. The lowest BCUT2D eigenvalue weighted by atomic mass is 9.95. The third-order valence-electron chi connectivity index (χ3n) is 1.71. The van der Waals surface area contributed by atoms with Gasteiger partial charge in [-0.15, -0.1) is 0 Å². The molecule has 1 heterocycles. The van der Waals surface area contributed by atoms with Gasteiger partial charge in [-0.25, -0.2) is 0 Å². The van der Waals surface area contributed by atoms with Crippen molar-refractivity contribution >= 4 is 11.9 Å². The molecule has 0 radical (unpaired) electrons. The van der Waals surface area contributed by atoms with Crippen LogP contribution in [0.2, 0.25) is 0 Å². The molecular weight excluding hydrogens is 132 g/mol. The van der Waals surface area contributed by atoms with E-state index in [1.165, 1.54) is 0 Å². The van der Waals surface area contributed by atoms with E-state index in [9.17, 15) is 9.59 Å². The summed E-state index contributed by atoms with van der Waals surface area (Å²) in [5.74, 6) is -1.01. The van der Waals surface area contributed by atoms with E-state index in [4.69, 9.17) is 0 Å². The van der Waals surface area contributed by atoms with Gasteiger partial charge in [0.25, 0.3) is 0 Å². The summed E-state index contributed by atoms with van der Waals surface area (Å²) in [4.78, 5) is 21.4. The number of carbonyl (C=O) groups is 2. The molecule has 56 valence electrons. The Morgan fingerprint density at radius 1 is 1.20 bits per heavy atom. The molecule has 3 nitrogen and oxygen atoms in total. The molecule has 10 heavy (non-hydrogen) atoms. The predicted octanol–water partition coefficient (Wildman–Crippen LogP) is 0.732. The maximum Gasteiger partial charge on any atom is 0.316 e. The number of ether oxygens (including phenoxy) is 1. The summed E-state index contributed by atoms with van der Waals surface area (Å²) in [5.41, 5.74) is 0. The van der Waals surface area contributed by atoms with Gasteiger partial charge < -0.3 is 4.74 Å². The number of rotatable bonds is 0. The number of hydrogen-bond donors (Lipinski definition) is 0. The van der Waals surface area contributed by atoms with Gasteiger partial charge in [0.05, 0.1) is 11.8 Å². The van der Waals surface area contributed by atoms with Gasteiger partial charge in [0, 0.05) is 0 Å². The lowest BCUT2D eigenvalue weighted by Gasteiger charge is -2.20. The SMILES string of the molecule is CC1CC(C)C(=O)OC1=O. The molecule has 0 aromatic heterocycles. The van der Waals surface area contributed by atoms with Crippen molar-refractivity contribution < 1.29 is 14.3 Å². The Labute approximate surface area is 59.4 Å². The average molecular weight is 142 g/mol. The fourth-order valence-electron chi connectivity index (χ4n) is 1.02. The lowest BCUT2D eigenvalue weighted by molar-refractivity contribution is -0.170. The van der Waals surface area contributed by atoms with E-state index in [2.05, 4.69) is 4.74 Å². The highest BCUT2D eigenvalue weighted by atomic mass is 16.6. The van der Waals surface area contributed by atoms with E-state index in [1.807, 2.05) is 0 Å².